The van der Waals surface area contributed by atoms with Crippen molar-refractivity contribution in [1.82, 2.24) is 4.90 Å². The molecule has 0 fully saturated rings. The van der Waals surface area contributed by atoms with Crippen molar-refractivity contribution in [2.45, 2.75) is 13.8 Å². The fraction of sp³-hybridized carbons (Fsp3) is 0.857. The molecule has 0 aliphatic carbocycles. The highest BCUT2D eigenvalue weighted by molar-refractivity contribution is 6.63. The second-order valence-electron chi connectivity index (χ2n) is 2.43. The molecular formula is C7H14ClIN2. The van der Waals surface area contributed by atoms with Crippen LogP contribution in [0.2, 0.25) is 0 Å². The van der Waals surface area contributed by atoms with Crippen molar-refractivity contribution in [2.75, 3.05) is 26.2 Å². The van der Waals surface area contributed by atoms with Gasteiger partial charge in [-0.2, -0.15) is 0 Å². The van der Waals surface area contributed by atoms with Gasteiger partial charge in [-0.25, -0.2) is 9.48 Å². The Balaban J connectivity index is 0.000001000. The Kier molecular flexibility index (Phi) is 5.42. The SMILES string of the molecule is CCN1CC[N+](CC)=C1Cl.[I-]. The van der Waals surface area contributed by atoms with Crippen LogP contribution >= 0.6 is 11.6 Å². The molecule has 0 spiro atoms. The average Bonchev–Trinajstić information content (AvgIpc) is 2.30. The van der Waals surface area contributed by atoms with E-state index in [1.54, 1.807) is 0 Å². The predicted octanol–water partition coefficient (Wildman–Crippen LogP) is -2.05. The highest BCUT2D eigenvalue weighted by Crippen LogP contribution is 2.03. The first-order valence-corrected chi connectivity index (χ1v) is 4.19. The maximum Gasteiger partial charge on any atom is 0.345 e. The van der Waals surface area contributed by atoms with E-state index in [-0.39, 0.29) is 24.0 Å². The van der Waals surface area contributed by atoms with Crippen molar-refractivity contribution < 1.29 is 28.6 Å². The van der Waals surface area contributed by atoms with Crippen molar-refractivity contribution in [2.24, 2.45) is 0 Å². The zero-order chi connectivity index (χ0) is 7.56. The summed E-state index contributed by atoms with van der Waals surface area (Å²) >= 11 is 6.01. The molecule has 2 nitrogen and oxygen atoms in total. The van der Waals surface area contributed by atoms with Gasteiger partial charge in [0.2, 0.25) is 0 Å². The lowest BCUT2D eigenvalue weighted by Crippen LogP contribution is -3.00. The number of hydrogen-bond acceptors (Lipinski definition) is 1. The number of rotatable bonds is 2. The first kappa shape index (κ1) is 11.5. The molecular weight excluding hydrogens is 274 g/mol. The van der Waals surface area contributed by atoms with Crippen LogP contribution in [0.5, 0.6) is 0 Å². The monoisotopic (exact) mass is 288 g/mol. The lowest BCUT2D eigenvalue weighted by molar-refractivity contribution is -0.512. The Labute approximate surface area is 90.2 Å². The summed E-state index contributed by atoms with van der Waals surface area (Å²) in [5.41, 5.74) is 0. The summed E-state index contributed by atoms with van der Waals surface area (Å²) in [7, 11) is 0. The molecule has 0 amide bonds. The Morgan fingerprint density at radius 2 is 2.18 bits per heavy atom. The van der Waals surface area contributed by atoms with E-state index in [0.717, 1.165) is 31.5 Å². The van der Waals surface area contributed by atoms with Gasteiger partial charge in [-0.15, -0.1) is 0 Å². The third-order valence-electron chi connectivity index (χ3n) is 1.93. The van der Waals surface area contributed by atoms with Gasteiger partial charge < -0.3 is 24.0 Å². The van der Waals surface area contributed by atoms with E-state index in [1.165, 1.54) is 0 Å². The second-order valence-corrected chi connectivity index (χ2v) is 2.77. The molecule has 1 aliphatic rings. The van der Waals surface area contributed by atoms with Crippen LogP contribution in [-0.2, 0) is 0 Å². The van der Waals surface area contributed by atoms with Crippen molar-refractivity contribution in [1.29, 1.82) is 0 Å². The first-order valence-electron chi connectivity index (χ1n) is 3.82. The molecule has 4 heteroatoms. The fourth-order valence-electron chi connectivity index (χ4n) is 1.20. The molecule has 0 aromatic heterocycles. The van der Waals surface area contributed by atoms with Crippen molar-refractivity contribution in [3.63, 3.8) is 0 Å². The largest absolute Gasteiger partial charge is 1.00 e. The van der Waals surface area contributed by atoms with Crippen LogP contribution < -0.4 is 24.0 Å². The quantitative estimate of drug-likeness (QED) is 0.322. The first-order chi connectivity index (χ1) is 4.79. The molecule has 0 aromatic rings. The highest BCUT2D eigenvalue weighted by atomic mass is 127. The minimum atomic E-state index is 0. The minimum absolute atomic E-state index is 0. The summed E-state index contributed by atoms with van der Waals surface area (Å²) in [6.07, 6.45) is 0. The molecule has 0 bridgehead atoms. The highest BCUT2D eigenvalue weighted by Gasteiger charge is 2.25. The Morgan fingerprint density at radius 3 is 2.45 bits per heavy atom. The number of amidine groups is 1. The third kappa shape index (κ3) is 2.47. The number of likely N-dealkylation sites (N-methyl/N-ethyl adjacent to an activating group) is 2. The summed E-state index contributed by atoms with van der Waals surface area (Å²) in [6, 6.07) is 0. The average molecular weight is 289 g/mol. The summed E-state index contributed by atoms with van der Waals surface area (Å²) < 4.78 is 2.19. The standard InChI is InChI=1S/C7H14ClN2.HI/c1-3-9-5-6-10(4-2)7(9)8;/h3-6H2,1-2H3;1H/q+1;/p-1. The van der Waals surface area contributed by atoms with Gasteiger partial charge in [0, 0.05) is 11.6 Å². The van der Waals surface area contributed by atoms with E-state index in [2.05, 4.69) is 23.3 Å². The summed E-state index contributed by atoms with van der Waals surface area (Å²) in [4.78, 5) is 2.19. The smallest absolute Gasteiger partial charge is 0.345 e. The molecule has 1 aliphatic heterocycles. The van der Waals surface area contributed by atoms with Crippen LogP contribution in [0.15, 0.2) is 0 Å². The van der Waals surface area contributed by atoms with Crippen LogP contribution in [0.3, 0.4) is 0 Å². The van der Waals surface area contributed by atoms with Crippen molar-refractivity contribution in [3.05, 3.63) is 0 Å². The van der Waals surface area contributed by atoms with E-state index < -0.39 is 0 Å². The third-order valence-corrected chi connectivity index (χ3v) is 2.40. The molecule has 11 heavy (non-hydrogen) atoms. The van der Waals surface area contributed by atoms with Gasteiger partial charge in [0.05, 0.1) is 13.1 Å². The summed E-state index contributed by atoms with van der Waals surface area (Å²) in [5.74, 6) is 0. The zero-order valence-corrected chi connectivity index (χ0v) is 9.89. The van der Waals surface area contributed by atoms with Crippen molar-refractivity contribution in [3.8, 4) is 0 Å². The normalized spacial score (nSPS) is 17.2. The molecule has 0 saturated heterocycles. The second kappa shape index (κ2) is 5.19. The van der Waals surface area contributed by atoms with E-state index in [1.807, 2.05) is 0 Å². The number of hydrogen-bond donors (Lipinski definition) is 0. The Hall–Kier alpha value is 0.490. The van der Waals surface area contributed by atoms with E-state index in [0.29, 0.717) is 0 Å². The van der Waals surface area contributed by atoms with Gasteiger partial charge in [0.1, 0.15) is 13.1 Å². The van der Waals surface area contributed by atoms with Crippen molar-refractivity contribution >= 4 is 16.9 Å². The number of halogens is 2. The minimum Gasteiger partial charge on any atom is -1.00 e. The molecule has 1 heterocycles. The van der Waals surface area contributed by atoms with Gasteiger partial charge in [0.15, 0.2) is 0 Å². The Morgan fingerprint density at radius 1 is 1.55 bits per heavy atom. The molecule has 66 valence electrons. The van der Waals surface area contributed by atoms with Crippen LogP contribution in [-0.4, -0.2) is 40.9 Å². The lowest BCUT2D eigenvalue weighted by Gasteiger charge is -2.03. The fourth-order valence-corrected chi connectivity index (χ4v) is 1.61. The van der Waals surface area contributed by atoms with Crippen LogP contribution in [0.1, 0.15) is 13.8 Å². The maximum absolute atomic E-state index is 6.01. The maximum atomic E-state index is 6.01. The van der Waals surface area contributed by atoms with Crippen LogP contribution in [0.25, 0.3) is 0 Å². The van der Waals surface area contributed by atoms with Gasteiger partial charge in [-0.1, -0.05) is 0 Å². The predicted molar refractivity (Wildman–Crippen MR) is 43.8 cm³/mol. The van der Waals surface area contributed by atoms with Gasteiger partial charge in [0.25, 0.3) is 0 Å². The van der Waals surface area contributed by atoms with E-state index in [9.17, 15) is 0 Å². The molecule has 0 unspecified atom stereocenters. The molecule has 0 saturated carbocycles. The number of nitrogens with zero attached hydrogens (tertiary/aromatic N) is 2. The van der Waals surface area contributed by atoms with Crippen LogP contribution in [0, 0.1) is 0 Å². The lowest BCUT2D eigenvalue weighted by atomic mass is 10.5. The van der Waals surface area contributed by atoms with E-state index >= 15 is 0 Å². The topological polar surface area (TPSA) is 6.25 Å². The Bertz CT molecular complexity index is 159. The zero-order valence-electron chi connectivity index (χ0n) is 6.98. The molecule has 1 rings (SSSR count). The molecule has 0 N–H and O–H groups in total. The summed E-state index contributed by atoms with van der Waals surface area (Å²) in [5, 5.41) is 0.921. The van der Waals surface area contributed by atoms with Gasteiger partial charge in [-0.05, 0) is 13.8 Å². The molecule has 0 atom stereocenters. The van der Waals surface area contributed by atoms with Crippen LogP contribution in [0.4, 0.5) is 0 Å². The van der Waals surface area contributed by atoms with E-state index in [4.69, 9.17) is 11.6 Å². The summed E-state index contributed by atoms with van der Waals surface area (Å²) in [6.45, 7) is 8.47. The van der Waals surface area contributed by atoms with Gasteiger partial charge >= 0.3 is 5.29 Å². The molecule has 0 aromatic carbocycles. The molecule has 0 radical (unpaired) electrons. The van der Waals surface area contributed by atoms with Gasteiger partial charge in [-0.3, -0.25) is 0 Å².